The zero-order valence-corrected chi connectivity index (χ0v) is 20.2. The first-order valence-electron chi connectivity index (χ1n) is 10.0. The van der Waals surface area contributed by atoms with Crippen LogP contribution in [0.2, 0.25) is 10.0 Å². The minimum absolute atomic E-state index is 0.237. The molecule has 3 aromatic carbocycles. The molecule has 8 heteroatoms. The van der Waals surface area contributed by atoms with Crippen LogP contribution in [0.25, 0.3) is 6.08 Å². The van der Waals surface area contributed by atoms with Crippen molar-refractivity contribution in [2.75, 3.05) is 7.11 Å². The molecule has 4 rings (SSSR count). The summed E-state index contributed by atoms with van der Waals surface area (Å²) in [7, 11) is 1.60. The van der Waals surface area contributed by atoms with Crippen LogP contribution in [0.3, 0.4) is 0 Å². The number of methoxy groups -OCH3 is 1. The number of aryl methyl sites for hydroxylation is 1. The summed E-state index contributed by atoms with van der Waals surface area (Å²) in [5.41, 5.74) is 3.57. The number of hydrogen-bond donors (Lipinski definition) is 1. The highest BCUT2D eigenvalue weighted by Crippen LogP contribution is 2.37. The Hall–Kier alpha value is -2.93. The Balaban J connectivity index is 1.49. The molecule has 1 fully saturated rings. The van der Waals surface area contributed by atoms with Crippen molar-refractivity contribution in [3.63, 3.8) is 0 Å². The molecule has 33 heavy (non-hydrogen) atoms. The summed E-state index contributed by atoms with van der Waals surface area (Å²) in [4.78, 5) is 17.4. The number of carbonyl (C=O) groups excluding carboxylic acids is 1. The molecule has 0 aromatic heterocycles. The Morgan fingerprint density at radius 2 is 1.79 bits per heavy atom. The number of hydrogen-bond acceptors (Lipinski definition) is 5. The smallest absolute Gasteiger partial charge is 0.264 e. The normalized spacial score (nSPS) is 15.7. The van der Waals surface area contributed by atoms with Crippen molar-refractivity contribution in [1.82, 2.24) is 5.32 Å². The van der Waals surface area contributed by atoms with E-state index in [1.54, 1.807) is 25.3 Å². The van der Waals surface area contributed by atoms with E-state index in [-0.39, 0.29) is 5.91 Å². The lowest BCUT2D eigenvalue weighted by Crippen LogP contribution is -2.19. The zero-order valence-electron chi connectivity index (χ0n) is 17.9. The molecular weight excluding hydrogens is 479 g/mol. The number of ether oxygens (including phenoxy) is 2. The molecule has 0 radical (unpaired) electrons. The minimum atomic E-state index is -0.237. The summed E-state index contributed by atoms with van der Waals surface area (Å²) in [6.07, 6.45) is 1.72. The van der Waals surface area contributed by atoms with Crippen LogP contribution < -0.4 is 14.8 Å². The maximum Gasteiger partial charge on any atom is 0.264 e. The van der Waals surface area contributed by atoms with Gasteiger partial charge in [-0.05, 0) is 72.3 Å². The van der Waals surface area contributed by atoms with E-state index in [2.05, 4.69) is 10.3 Å². The number of amidine groups is 1. The van der Waals surface area contributed by atoms with Gasteiger partial charge in [-0.25, -0.2) is 4.99 Å². The molecule has 0 atom stereocenters. The summed E-state index contributed by atoms with van der Waals surface area (Å²) < 4.78 is 11.0. The lowest BCUT2D eigenvalue weighted by Gasteiger charge is -2.11. The van der Waals surface area contributed by atoms with E-state index >= 15 is 0 Å². The fourth-order valence-corrected chi connectivity index (χ4v) is 4.62. The summed E-state index contributed by atoms with van der Waals surface area (Å²) in [6.45, 7) is 2.38. The van der Waals surface area contributed by atoms with E-state index in [0.29, 0.717) is 43.7 Å². The van der Waals surface area contributed by atoms with Crippen molar-refractivity contribution >= 4 is 57.8 Å². The Bertz CT molecular complexity index is 1230. The summed E-state index contributed by atoms with van der Waals surface area (Å²) in [5.74, 6) is 0.911. The SMILES string of the molecule is COc1ccc(N=C2NC(=O)/C(=C\c3cc(Cl)c(OCc4cccc(C)c4)c(Cl)c3)S2)cc1. The van der Waals surface area contributed by atoms with E-state index in [0.717, 1.165) is 16.9 Å². The van der Waals surface area contributed by atoms with Gasteiger partial charge in [-0.15, -0.1) is 0 Å². The lowest BCUT2D eigenvalue weighted by atomic mass is 10.1. The number of amides is 1. The van der Waals surface area contributed by atoms with Gasteiger partial charge in [0.25, 0.3) is 5.91 Å². The molecule has 0 spiro atoms. The zero-order chi connectivity index (χ0) is 23.4. The molecule has 0 aliphatic carbocycles. The quantitative estimate of drug-likeness (QED) is 0.380. The van der Waals surface area contributed by atoms with Crippen molar-refractivity contribution in [2.45, 2.75) is 13.5 Å². The second-order valence-corrected chi connectivity index (χ2v) is 9.12. The molecule has 168 valence electrons. The van der Waals surface area contributed by atoms with Crippen molar-refractivity contribution in [3.05, 3.63) is 92.3 Å². The third kappa shape index (κ3) is 5.90. The van der Waals surface area contributed by atoms with Crippen LogP contribution in [0.4, 0.5) is 5.69 Å². The third-order valence-corrected chi connectivity index (χ3v) is 6.21. The number of nitrogens with one attached hydrogen (secondary N) is 1. The van der Waals surface area contributed by atoms with Crippen LogP contribution in [-0.2, 0) is 11.4 Å². The van der Waals surface area contributed by atoms with E-state index in [9.17, 15) is 4.79 Å². The van der Waals surface area contributed by atoms with Gasteiger partial charge < -0.3 is 14.8 Å². The first-order chi connectivity index (χ1) is 15.9. The van der Waals surface area contributed by atoms with Gasteiger partial charge in [0.2, 0.25) is 0 Å². The summed E-state index contributed by atoms with van der Waals surface area (Å²) >= 11 is 14.1. The van der Waals surface area contributed by atoms with Crippen LogP contribution in [-0.4, -0.2) is 18.2 Å². The number of rotatable bonds is 6. The molecule has 5 nitrogen and oxygen atoms in total. The monoisotopic (exact) mass is 498 g/mol. The fraction of sp³-hybridized carbons (Fsp3) is 0.120. The van der Waals surface area contributed by atoms with Gasteiger partial charge >= 0.3 is 0 Å². The first kappa shape index (κ1) is 23.2. The van der Waals surface area contributed by atoms with Gasteiger partial charge in [0.15, 0.2) is 10.9 Å². The molecule has 1 heterocycles. The van der Waals surface area contributed by atoms with Crippen LogP contribution in [0.15, 0.2) is 70.6 Å². The van der Waals surface area contributed by atoms with Crippen LogP contribution in [0.5, 0.6) is 11.5 Å². The third-order valence-electron chi connectivity index (χ3n) is 4.74. The highest BCUT2D eigenvalue weighted by Gasteiger charge is 2.24. The van der Waals surface area contributed by atoms with Gasteiger partial charge in [-0.1, -0.05) is 53.0 Å². The Labute approximate surface area is 206 Å². The Morgan fingerprint density at radius 3 is 2.45 bits per heavy atom. The van der Waals surface area contributed by atoms with Crippen molar-refractivity contribution < 1.29 is 14.3 Å². The first-order valence-corrected chi connectivity index (χ1v) is 11.6. The van der Waals surface area contributed by atoms with Gasteiger partial charge in [0, 0.05) is 0 Å². The lowest BCUT2D eigenvalue weighted by molar-refractivity contribution is -0.115. The number of aliphatic imine (C=N–C) groups is 1. The molecule has 1 saturated heterocycles. The van der Waals surface area contributed by atoms with Gasteiger partial charge in [0.1, 0.15) is 12.4 Å². The second kappa shape index (κ2) is 10.3. The van der Waals surface area contributed by atoms with Crippen molar-refractivity contribution in [1.29, 1.82) is 0 Å². The molecule has 1 aliphatic rings. The number of benzene rings is 3. The Morgan fingerprint density at radius 1 is 1.06 bits per heavy atom. The molecule has 0 saturated carbocycles. The van der Waals surface area contributed by atoms with Crippen molar-refractivity contribution in [2.24, 2.45) is 4.99 Å². The number of carbonyl (C=O) groups is 1. The van der Waals surface area contributed by atoms with Crippen LogP contribution in [0, 0.1) is 6.92 Å². The van der Waals surface area contributed by atoms with Crippen LogP contribution in [0.1, 0.15) is 16.7 Å². The largest absolute Gasteiger partial charge is 0.497 e. The number of halogens is 2. The molecule has 1 amide bonds. The summed E-state index contributed by atoms with van der Waals surface area (Å²) in [6, 6.07) is 18.7. The average Bonchev–Trinajstić information content (AvgIpc) is 3.12. The molecule has 0 bridgehead atoms. The Kier molecular flexibility index (Phi) is 7.28. The summed E-state index contributed by atoms with van der Waals surface area (Å²) in [5, 5.41) is 4.01. The van der Waals surface area contributed by atoms with E-state index in [1.165, 1.54) is 11.8 Å². The van der Waals surface area contributed by atoms with Gasteiger partial charge in [-0.3, -0.25) is 4.79 Å². The number of nitrogens with zero attached hydrogens (tertiary/aromatic N) is 1. The second-order valence-electron chi connectivity index (χ2n) is 7.27. The maximum atomic E-state index is 12.4. The molecule has 1 N–H and O–H groups in total. The van der Waals surface area contributed by atoms with Crippen molar-refractivity contribution in [3.8, 4) is 11.5 Å². The molecule has 3 aromatic rings. The molecule has 0 unspecified atom stereocenters. The standard InChI is InChI=1S/C25H20Cl2N2O3S/c1-15-4-3-5-16(10-15)14-32-23-20(26)11-17(12-21(23)27)13-22-24(30)29-25(33-22)28-18-6-8-19(31-2)9-7-18/h3-13H,14H2,1-2H3,(H,28,29,30)/b22-13+. The highest BCUT2D eigenvalue weighted by molar-refractivity contribution is 8.18. The fourth-order valence-electron chi connectivity index (χ4n) is 3.16. The van der Waals surface area contributed by atoms with E-state index in [4.69, 9.17) is 32.7 Å². The average molecular weight is 499 g/mol. The van der Waals surface area contributed by atoms with Gasteiger partial charge in [0.05, 0.1) is 27.7 Å². The topological polar surface area (TPSA) is 59.9 Å². The number of thioether (sulfide) groups is 1. The maximum absolute atomic E-state index is 12.4. The van der Waals surface area contributed by atoms with Gasteiger partial charge in [-0.2, -0.15) is 0 Å². The van der Waals surface area contributed by atoms with E-state index in [1.807, 2.05) is 55.5 Å². The van der Waals surface area contributed by atoms with Crippen LogP contribution >= 0.6 is 35.0 Å². The predicted molar refractivity (Wildman–Crippen MR) is 136 cm³/mol. The highest BCUT2D eigenvalue weighted by atomic mass is 35.5. The molecule has 1 aliphatic heterocycles. The predicted octanol–water partition coefficient (Wildman–Crippen LogP) is 6.78. The van der Waals surface area contributed by atoms with E-state index < -0.39 is 0 Å². The molecular formula is C25H20Cl2N2O3S. The minimum Gasteiger partial charge on any atom is -0.497 e.